The van der Waals surface area contributed by atoms with Crippen LogP contribution in [0.5, 0.6) is 0 Å². The predicted octanol–water partition coefficient (Wildman–Crippen LogP) is 5.61. The molecule has 0 spiro atoms. The second-order valence-corrected chi connectivity index (χ2v) is 9.61. The summed E-state index contributed by atoms with van der Waals surface area (Å²) in [5.41, 5.74) is 3.76. The van der Waals surface area contributed by atoms with Crippen LogP contribution in [0.25, 0.3) is 32.7 Å². The Morgan fingerprint density at radius 2 is 1.00 bits per heavy atom. The molecule has 0 heterocycles. The SMILES string of the molecule is COS(=O)c1ccc2cc(C)ccc2c1-c1c(S(=O)OC)ccc2cc(C)ccc12. The Balaban J connectivity index is 2.23. The third-order valence-electron chi connectivity index (χ3n) is 5.19. The van der Waals surface area contributed by atoms with E-state index in [2.05, 4.69) is 12.1 Å². The molecule has 0 fully saturated rings. The molecule has 0 amide bonds. The lowest BCUT2D eigenvalue weighted by atomic mass is 9.92. The zero-order chi connectivity index (χ0) is 21.4. The first-order valence-corrected chi connectivity index (χ1v) is 11.6. The van der Waals surface area contributed by atoms with Crippen LogP contribution in [0.4, 0.5) is 0 Å². The van der Waals surface area contributed by atoms with Gasteiger partial charge in [0.1, 0.15) is 0 Å². The van der Waals surface area contributed by atoms with Gasteiger partial charge in [0.15, 0.2) is 22.2 Å². The van der Waals surface area contributed by atoms with E-state index in [1.165, 1.54) is 14.2 Å². The quantitative estimate of drug-likeness (QED) is 0.406. The van der Waals surface area contributed by atoms with Crippen molar-refractivity contribution in [3.8, 4) is 11.1 Å². The zero-order valence-electron chi connectivity index (χ0n) is 17.2. The highest BCUT2D eigenvalue weighted by atomic mass is 32.2. The van der Waals surface area contributed by atoms with Gasteiger partial charge in [0.25, 0.3) is 0 Å². The Kier molecular flexibility index (Phi) is 5.84. The van der Waals surface area contributed by atoms with Crippen molar-refractivity contribution in [3.63, 3.8) is 0 Å². The molecule has 4 aromatic carbocycles. The smallest absolute Gasteiger partial charge is 0.189 e. The number of rotatable bonds is 5. The Morgan fingerprint density at radius 1 is 0.600 bits per heavy atom. The molecule has 30 heavy (non-hydrogen) atoms. The largest absolute Gasteiger partial charge is 0.290 e. The molecule has 4 rings (SSSR count). The van der Waals surface area contributed by atoms with Gasteiger partial charge in [0.2, 0.25) is 0 Å². The molecule has 0 saturated carbocycles. The Labute approximate surface area is 181 Å². The van der Waals surface area contributed by atoms with Gasteiger partial charge >= 0.3 is 0 Å². The second kappa shape index (κ2) is 8.40. The van der Waals surface area contributed by atoms with Crippen LogP contribution >= 0.6 is 0 Å². The van der Waals surface area contributed by atoms with E-state index in [0.29, 0.717) is 9.79 Å². The van der Waals surface area contributed by atoms with Crippen molar-refractivity contribution in [3.05, 3.63) is 71.8 Å². The lowest BCUT2D eigenvalue weighted by molar-refractivity contribution is 0.445. The van der Waals surface area contributed by atoms with Gasteiger partial charge in [-0.25, -0.2) is 8.42 Å². The Bertz CT molecular complexity index is 1220. The molecule has 4 nitrogen and oxygen atoms in total. The van der Waals surface area contributed by atoms with Crippen molar-refractivity contribution in [1.29, 1.82) is 0 Å². The number of hydrogen-bond donors (Lipinski definition) is 0. The highest BCUT2D eigenvalue weighted by molar-refractivity contribution is 7.80. The molecule has 0 aliphatic heterocycles. The molecule has 0 radical (unpaired) electrons. The maximum absolute atomic E-state index is 12.8. The number of fused-ring (bicyclic) bond motifs is 2. The summed E-state index contributed by atoms with van der Waals surface area (Å²) in [7, 11) is 2.83. The van der Waals surface area contributed by atoms with Crippen molar-refractivity contribution in [2.24, 2.45) is 0 Å². The van der Waals surface area contributed by atoms with Crippen LogP contribution in [0.15, 0.2) is 70.5 Å². The fourth-order valence-electron chi connectivity index (χ4n) is 3.83. The standard InChI is InChI=1S/C24H22O4S2/c1-15-5-9-19-17(13-15)7-11-21(29(25)27-3)23(19)24-20-10-6-16(2)14-18(20)8-12-22(24)30(26)28-4/h5-14H,1-4H3. The van der Waals surface area contributed by atoms with Gasteiger partial charge in [-0.05, 0) is 47.5 Å². The number of hydrogen-bond acceptors (Lipinski definition) is 4. The van der Waals surface area contributed by atoms with Gasteiger partial charge in [-0.2, -0.15) is 0 Å². The summed E-state index contributed by atoms with van der Waals surface area (Å²) in [4.78, 5) is 1.08. The molecule has 6 heteroatoms. The summed E-state index contributed by atoms with van der Waals surface area (Å²) < 4.78 is 36.1. The summed E-state index contributed by atoms with van der Waals surface area (Å²) in [6.07, 6.45) is 0. The summed E-state index contributed by atoms with van der Waals surface area (Å²) in [6.45, 7) is 4.07. The molecule has 0 aromatic heterocycles. The van der Waals surface area contributed by atoms with E-state index >= 15 is 0 Å². The summed E-state index contributed by atoms with van der Waals surface area (Å²) in [5.74, 6) is 0. The molecule has 0 N–H and O–H groups in total. The van der Waals surface area contributed by atoms with E-state index in [-0.39, 0.29) is 0 Å². The van der Waals surface area contributed by atoms with E-state index < -0.39 is 22.2 Å². The lowest BCUT2D eigenvalue weighted by Gasteiger charge is -2.18. The summed E-state index contributed by atoms with van der Waals surface area (Å²) >= 11 is -3.35. The van der Waals surface area contributed by atoms with Crippen molar-refractivity contribution in [2.75, 3.05) is 14.2 Å². The first-order valence-electron chi connectivity index (χ1n) is 9.44. The lowest BCUT2D eigenvalue weighted by Crippen LogP contribution is -2.02. The summed E-state index contributed by atoms with van der Waals surface area (Å²) in [5, 5.41) is 3.87. The minimum Gasteiger partial charge on any atom is -0.290 e. The third kappa shape index (κ3) is 3.61. The van der Waals surface area contributed by atoms with Crippen LogP contribution in [0.3, 0.4) is 0 Å². The molecule has 0 aliphatic carbocycles. The average molecular weight is 439 g/mol. The van der Waals surface area contributed by atoms with Crippen LogP contribution in [0.1, 0.15) is 11.1 Å². The first kappa shape index (κ1) is 20.9. The van der Waals surface area contributed by atoms with E-state index in [9.17, 15) is 8.42 Å². The number of aryl methyl sites for hydroxylation is 2. The molecule has 2 atom stereocenters. The molecule has 0 bridgehead atoms. The minimum atomic E-state index is -1.67. The van der Waals surface area contributed by atoms with Crippen molar-refractivity contribution < 1.29 is 16.8 Å². The summed E-state index contributed by atoms with van der Waals surface area (Å²) in [6, 6.07) is 19.8. The fraction of sp³-hybridized carbons (Fsp3) is 0.167. The van der Waals surface area contributed by atoms with E-state index in [0.717, 1.165) is 43.8 Å². The maximum atomic E-state index is 12.8. The highest BCUT2D eigenvalue weighted by Crippen LogP contribution is 2.42. The first-order chi connectivity index (χ1) is 14.4. The van der Waals surface area contributed by atoms with Gasteiger partial charge < -0.3 is 0 Å². The van der Waals surface area contributed by atoms with E-state index in [1.54, 1.807) is 0 Å². The van der Waals surface area contributed by atoms with Crippen molar-refractivity contribution in [1.82, 2.24) is 0 Å². The Morgan fingerprint density at radius 3 is 1.37 bits per heavy atom. The van der Waals surface area contributed by atoms with Crippen molar-refractivity contribution >= 4 is 43.7 Å². The normalized spacial score (nSPS) is 13.6. The predicted molar refractivity (Wildman–Crippen MR) is 123 cm³/mol. The van der Waals surface area contributed by atoms with Crippen LogP contribution in [0.2, 0.25) is 0 Å². The van der Waals surface area contributed by atoms with Gasteiger partial charge in [-0.15, -0.1) is 0 Å². The van der Waals surface area contributed by atoms with Crippen LogP contribution in [0, 0.1) is 13.8 Å². The maximum Gasteiger partial charge on any atom is 0.189 e. The third-order valence-corrected chi connectivity index (χ3v) is 7.19. The number of benzene rings is 4. The minimum absolute atomic E-state index is 0.538. The molecule has 0 saturated heterocycles. The molecule has 154 valence electrons. The van der Waals surface area contributed by atoms with Crippen molar-refractivity contribution in [2.45, 2.75) is 23.6 Å². The van der Waals surface area contributed by atoms with Crippen LogP contribution in [-0.4, -0.2) is 22.6 Å². The van der Waals surface area contributed by atoms with E-state index in [4.69, 9.17) is 8.37 Å². The molecular formula is C24H22O4S2. The fourth-order valence-corrected chi connectivity index (χ4v) is 5.31. The van der Waals surface area contributed by atoms with Gasteiger partial charge in [-0.3, -0.25) is 8.37 Å². The molecular weight excluding hydrogens is 416 g/mol. The monoisotopic (exact) mass is 438 g/mol. The van der Waals surface area contributed by atoms with Crippen LogP contribution < -0.4 is 0 Å². The highest BCUT2D eigenvalue weighted by Gasteiger charge is 2.22. The van der Waals surface area contributed by atoms with Gasteiger partial charge in [0, 0.05) is 11.1 Å². The molecule has 0 aliphatic rings. The second-order valence-electron chi connectivity index (χ2n) is 7.13. The van der Waals surface area contributed by atoms with Gasteiger partial charge in [-0.1, -0.05) is 59.7 Å². The van der Waals surface area contributed by atoms with E-state index in [1.807, 2.05) is 62.4 Å². The zero-order valence-corrected chi connectivity index (χ0v) is 18.9. The van der Waals surface area contributed by atoms with Crippen LogP contribution in [-0.2, 0) is 30.5 Å². The molecule has 4 aromatic rings. The Hall–Kier alpha value is -2.38. The topological polar surface area (TPSA) is 52.6 Å². The average Bonchev–Trinajstić information content (AvgIpc) is 2.76. The van der Waals surface area contributed by atoms with Gasteiger partial charge in [0.05, 0.1) is 24.0 Å². The molecule has 2 unspecified atom stereocenters.